The molecule has 1 unspecified atom stereocenters. The minimum absolute atomic E-state index is 0.234. The van der Waals surface area contributed by atoms with Crippen molar-refractivity contribution in [2.45, 2.75) is 31.8 Å². The van der Waals surface area contributed by atoms with E-state index in [1.807, 2.05) is 18.4 Å². The van der Waals surface area contributed by atoms with E-state index < -0.39 is 5.97 Å². The molecule has 0 radical (unpaired) electrons. The Kier molecular flexibility index (Phi) is 7.04. The number of cyclic esters (lactones) is 1. The average Bonchev–Trinajstić information content (AvgIpc) is 3.17. The number of hydrogen-bond donors (Lipinski definition) is 2. The van der Waals surface area contributed by atoms with E-state index in [2.05, 4.69) is 22.3 Å². The molecular formula is C14H17NO4S2. The molecule has 21 heavy (non-hydrogen) atoms. The Balaban J connectivity index is 0.000000164. The predicted molar refractivity (Wildman–Crippen MR) is 83.7 cm³/mol. The van der Waals surface area contributed by atoms with E-state index in [0.29, 0.717) is 5.57 Å². The highest BCUT2D eigenvalue weighted by Crippen LogP contribution is 2.18. The van der Waals surface area contributed by atoms with E-state index in [-0.39, 0.29) is 11.9 Å². The third-order valence-electron chi connectivity index (χ3n) is 2.64. The number of hydrogen-bond acceptors (Lipinski definition) is 7. The van der Waals surface area contributed by atoms with Crippen molar-refractivity contribution >= 4 is 29.9 Å². The topological polar surface area (TPSA) is 72.6 Å². The van der Waals surface area contributed by atoms with Crippen LogP contribution in [0.3, 0.4) is 0 Å². The van der Waals surface area contributed by atoms with Gasteiger partial charge in [0.15, 0.2) is 0 Å². The van der Waals surface area contributed by atoms with Crippen molar-refractivity contribution in [1.29, 1.82) is 0 Å². The number of aromatic nitrogens is 1. The molecule has 1 aliphatic heterocycles. The van der Waals surface area contributed by atoms with Crippen molar-refractivity contribution in [3.63, 3.8) is 0 Å². The normalized spacial score (nSPS) is 16.6. The van der Waals surface area contributed by atoms with Crippen LogP contribution in [0.4, 0.5) is 0 Å². The Morgan fingerprint density at radius 1 is 1.43 bits per heavy atom. The molecule has 0 spiro atoms. The highest BCUT2D eigenvalue weighted by molar-refractivity contribution is 7.80. The van der Waals surface area contributed by atoms with Crippen molar-refractivity contribution in [3.05, 3.63) is 46.5 Å². The third kappa shape index (κ3) is 5.65. The first-order valence-corrected chi connectivity index (χ1v) is 7.48. The molecule has 0 amide bonds. The number of nitrogens with zero attached hydrogens (tertiary/aromatic N) is 1. The number of thiazole rings is 1. The molecule has 2 aromatic heterocycles. The lowest BCUT2D eigenvalue weighted by molar-refractivity contribution is -0.141. The molecule has 0 saturated heterocycles. The summed E-state index contributed by atoms with van der Waals surface area (Å²) in [6.07, 6.45) is 3.14. The maximum atomic E-state index is 10.5. The van der Waals surface area contributed by atoms with Crippen LogP contribution in [-0.4, -0.2) is 22.2 Å². The van der Waals surface area contributed by atoms with Gasteiger partial charge in [-0.25, -0.2) is 4.79 Å². The molecule has 0 fully saturated rings. The first kappa shape index (κ1) is 17.3. The quantitative estimate of drug-likeness (QED) is 0.569. The molecule has 1 aliphatic rings. The average molecular weight is 327 g/mol. The number of aliphatic hydroxyl groups is 1. The Hall–Kier alpha value is -1.73. The van der Waals surface area contributed by atoms with Crippen molar-refractivity contribution in [1.82, 2.24) is 4.98 Å². The van der Waals surface area contributed by atoms with Gasteiger partial charge in [-0.1, -0.05) is 0 Å². The zero-order valence-electron chi connectivity index (χ0n) is 11.9. The van der Waals surface area contributed by atoms with Gasteiger partial charge in [0, 0.05) is 22.0 Å². The number of carbonyl (C=O) groups is 1. The van der Waals surface area contributed by atoms with Crippen LogP contribution >= 0.6 is 24.0 Å². The number of esters is 1. The second kappa shape index (κ2) is 8.53. The van der Waals surface area contributed by atoms with Crippen molar-refractivity contribution in [3.8, 4) is 0 Å². The Bertz CT molecular complexity index is 556. The summed E-state index contributed by atoms with van der Waals surface area (Å²) in [6, 6.07) is 1.82. The molecule has 5 nitrogen and oxygen atoms in total. The maximum Gasteiger partial charge on any atom is 0.374 e. The van der Waals surface area contributed by atoms with Gasteiger partial charge in [-0.2, -0.15) is 0 Å². The summed E-state index contributed by atoms with van der Waals surface area (Å²) >= 11 is 5.66. The summed E-state index contributed by atoms with van der Waals surface area (Å²) in [5, 5.41) is 10.8. The zero-order chi connectivity index (χ0) is 15.8. The van der Waals surface area contributed by atoms with E-state index in [9.17, 15) is 4.79 Å². The summed E-state index contributed by atoms with van der Waals surface area (Å²) < 4.78 is 9.51. The molecule has 0 bridgehead atoms. The molecule has 2 aromatic rings. The number of furan rings is 1. The number of aliphatic hydroxyl groups excluding tert-OH is 1. The summed E-state index contributed by atoms with van der Waals surface area (Å²) in [5.74, 6) is 0.0332. The van der Waals surface area contributed by atoms with Crippen LogP contribution in [0.1, 0.15) is 19.6 Å². The number of ether oxygens (including phenoxy) is 1. The van der Waals surface area contributed by atoms with Crippen LogP contribution < -0.4 is 0 Å². The fraction of sp³-hybridized carbons (Fsp3) is 0.286. The molecular weight excluding hydrogens is 310 g/mol. The summed E-state index contributed by atoms with van der Waals surface area (Å²) in [7, 11) is 0. The lowest BCUT2D eigenvalue weighted by Crippen LogP contribution is -2.04. The van der Waals surface area contributed by atoms with Gasteiger partial charge in [0.25, 0.3) is 0 Å². The third-order valence-corrected chi connectivity index (χ3v) is 3.63. The minimum Gasteiger partial charge on any atom is -0.502 e. The fourth-order valence-electron chi connectivity index (χ4n) is 1.21. The van der Waals surface area contributed by atoms with Crippen molar-refractivity contribution in [2.75, 3.05) is 0 Å². The van der Waals surface area contributed by atoms with E-state index in [0.717, 1.165) is 10.7 Å². The van der Waals surface area contributed by atoms with Crippen molar-refractivity contribution in [2.24, 2.45) is 0 Å². The minimum atomic E-state index is -0.611. The largest absolute Gasteiger partial charge is 0.502 e. The van der Waals surface area contributed by atoms with E-state index in [1.165, 1.54) is 0 Å². The van der Waals surface area contributed by atoms with Crippen LogP contribution in [0, 0.1) is 6.92 Å². The second-order valence-electron chi connectivity index (χ2n) is 4.12. The van der Waals surface area contributed by atoms with Gasteiger partial charge in [-0.3, -0.25) is 4.98 Å². The number of rotatable bonds is 0. The molecule has 0 saturated carbocycles. The summed E-state index contributed by atoms with van der Waals surface area (Å²) in [6.45, 7) is 5.27. The van der Waals surface area contributed by atoms with Crippen LogP contribution in [0.25, 0.3) is 0 Å². The lowest BCUT2D eigenvalue weighted by atomic mass is 10.2. The van der Waals surface area contributed by atoms with E-state index >= 15 is 0 Å². The van der Waals surface area contributed by atoms with Gasteiger partial charge >= 0.3 is 5.97 Å². The smallest absolute Gasteiger partial charge is 0.374 e. The molecule has 3 heterocycles. The van der Waals surface area contributed by atoms with Crippen molar-refractivity contribution < 1.29 is 19.1 Å². The van der Waals surface area contributed by atoms with Crippen LogP contribution in [-0.2, 0) is 9.53 Å². The summed E-state index contributed by atoms with van der Waals surface area (Å²) in [5.41, 5.74) is 2.40. The Morgan fingerprint density at radius 2 is 2.14 bits per heavy atom. The standard InChI is InChI=1S/C6H8O3.C5H6OS.C3H3NS/c1-3-4(2)9-6(8)5(3)7;1-4-5(7)2-3-6-4;1-2-5-3-4-1/h4,7H,1-2H3;2-3,7H,1H3;1-3H. The van der Waals surface area contributed by atoms with Crippen LogP contribution in [0.15, 0.2) is 50.1 Å². The highest BCUT2D eigenvalue weighted by atomic mass is 32.1. The highest BCUT2D eigenvalue weighted by Gasteiger charge is 2.27. The molecule has 1 N–H and O–H groups in total. The van der Waals surface area contributed by atoms with Crippen LogP contribution in [0.2, 0.25) is 0 Å². The first-order valence-electron chi connectivity index (χ1n) is 6.09. The molecule has 114 valence electrons. The van der Waals surface area contributed by atoms with Gasteiger partial charge in [0.2, 0.25) is 5.76 Å². The predicted octanol–water partition coefficient (Wildman–Crippen LogP) is 3.78. The van der Waals surface area contributed by atoms with Gasteiger partial charge < -0.3 is 14.3 Å². The van der Waals surface area contributed by atoms with Gasteiger partial charge in [-0.15, -0.1) is 24.0 Å². The summed E-state index contributed by atoms with van der Waals surface area (Å²) in [4.78, 5) is 15.1. The van der Waals surface area contributed by atoms with E-state index in [1.54, 1.807) is 43.2 Å². The van der Waals surface area contributed by atoms with Gasteiger partial charge in [0.1, 0.15) is 11.9 Å². The monoisotopic (exact) mass is 327 g/mol. The molecule has 0 aliphatic carbocycles. The Labute approximate surface area is 132 Å². The maximum absolute atomic E-state index is 10.5. The SMILES string of the molecule is CC1=C(O)C(=O)OC1C.Cc1occc1S.c1cscn1. The first-order chi connectivity index (χ1) is 9.93. The molecule has 3 rings (SSSR count). The molecule has 0 aromatic carbocycles. The van der Waals surface area contributed by atoms with Gasteiger partial charge in [-0.05, 0) is 26.8 Å². The number of aryl methyl sites for hydroxylation is 1. The number of carbonyl (C=O) groups excluding carboxylic acids is 1. The Morgan fingerprint density at radius 3 is 2.29 bits per heavy atom. The molecule has 1 atom stereocenters. The van der Waals surface area contributed by atoms with Crippen LogP contribution in [0.5, 0.6) is 0 Å². The number of thiol groups is 1. The van der Waals surface area contributed by atoms with E-state index in [4.69, 9.17) is 9.52 Å². The zero-order valence-corrected chi connectivity index (χ0v) is 13.6. The molecule has 7 heteroatoms. The fourth-order valence-corrected chi connectivity index (χ4v) is 1.68. The van der Waals surface area contributed by atoms with Gasteiger partial charge in [0.05, 0.1) is 11.8 Å². The lowest BCUT2D eigenvalue weighted by Gasteiger charge is -1.99. The second-order valence-corrected chi connectivity index (χ2v) is 5.35.